The van der Waals surface area contributed by atoms with E-state index in [0.29, 0.717) is 18.7 Å². The van der Waals surface area contributed by atoms with Gasteiger partial charge in [-0.1, -0.05) is 6.42 Å². The van der Waals surface area contributed by atoms with Gasteiger partial charge in [-0.25, -0.2) is 19.7 Å². The Kier molecular flexibility index (Phi) is 5.10. The minimum absolute atomic E-state index is 0.00525. The average Bonchev–Trinajstić information content (AvgIpc) is 3.41. The number of hydrogen-bond donors (Lipinski definition) is 0. The third-order valence-corrected chi connectivity index (χ3v) is 7.69. The summed E-state index contributed by atoms with van der Waals surface area (Å²) in [6, 6.07) is 0.0831. The SMILES string of the molecule is C[C@@H]1CN(c2ncnc3c2C2(CCC2)CN3c2cn3cnnc3cn2)[C@@H](C)CN1C(=O)OC(C)(C)C. The number of carbonyl (C=O) groups excluding carboxylic acids is 1. The van der Waals surface area contributed by atoms with Crippen molar-refractivity contribution in [3.63, 3.8) is 0 Å². The molecule has 5 heterocycles. The van der Waals surface area contributed by atoms with E-state index in [0.717, 1.165) is 36.8 Å². The number of anilines is 3. The third kappa shape index (κ3) is 3.63. The number of nitrogens with zero attached hydrogens (tertiary/aromatic N) is 9. The van der Waals surface area contributed by atoms with Gasteiger partial charge in [-0.3, -0.25) is 4.40 Å². The summed E-state index contributed by atoms with van der Waals surface area (Å²) in [6.45, 7) is 12.0. The molecule has 1 saturated heterocycles. The molecule has 2 atom stereocenters. The van der Waals surface area contributed by atoms with E-state index in [1.54, 1.807) is 18.9 Å². The number of amides is 1. The summed E-state index contributed by atoms with van der Waals surface area (Å²) in [4.78, 5) is 33.6. The summed E-state index contributed by atoms with van der Waals surface area (Å²) in [7, 11) is 0. The number of carbonyl (C=O) groups is 1. The molecule has 1 aliphatic carbocycles. The number of rotatable bonds is 2. The maximum absolute atomic E-state index is 12.9. The van der Waals surface area contributed by atoms with Gasteiger partial charge in [0.1, 0.15) is 29.9 Å². The van der Waals surface area contributed by atoms with Gasteiger partial charge in [0.05, 0.1) is 12.4 Å². The molecule has 0 unspecified atom stereocenters. The standard InChI is InChI=1S/C25H33N9O2/c1-16-11-33(23(35)36-24(3,4)5)17(2)10-32(16)21-20-22(28-14-27-21)34(13-25(20)7-6-8-25)19-12-31-15-29-30-18(31)9-26-19/h9,12,14-17H,6-8,10-11,13H2,1-5H3/t16-,17+/m0/s1. The Morgan fingerprint density at radius 2 is 1.86 bits per heavy atom. The van der Waals surface area contributed by atoms with Gasteiger partial charge in [-0.2, -0.15) is 0 Å². The zero-order valence-electron chi connectivity index (χ0n) is 21.5. The first kappa shape index (κ1) is 22.9. The van der Waals surface area contributed by atoms with Crippen LogP contribution in [0.4, 0.5) is 22.2 Å². The van der Waals surface area contributed by atoms with E-state index in [1.807, 2.05) is 36.3 Å². The van der Waals surface area contributed by atoms with Crippen molar-refractivity contribution < 1.29 is 9.53 Å². The molecule has 1 saturated carbocycles. The van der Waals surface area contributed by atoms with Crippen LogP contribution < -0.4 is 9.80 Å². The van der Waals surface area contributed by atoms with E-state index in [4.69, 9.17) is 14.7 Å². The summed E-state index contributed by atoms with van der Waals surface area (Å²) in [5, 5.41) is 8.06. The highest BCUT2D eigenvalue weighted by Gasteiger charge is 2.52. The summed E-state index contributed by atoms with van der Waals surface area (Å²) in [5.74, 6) is 2.73. The fourth-order valence-corrected chi connectivity index (χ4v) is 5.78. The second kappa shape index (κ2) is 8.01. The van der Waals surface area contributed by atoms with Gasteiger partial charge in [0.2, 0.25) is 0 Å². The van der Waals surface area contributed by atoms with Crippen molar-refractivity contribution in [3.8, 4) is 0 Å². The Morgan fingerprint density at radius 3 is 2.58 bits per heavy atom. The maximum Gasteiger partial charge on any atom is 0.410 e. The van der Waals surface area contributed by atoms with Crippen LogP contribution in [0.2, 0.25) is 0 Å². The van der Waals surface area contributed by atoms with Crippen molar-refractivity contribution in [2.45, 2.75) is 77.0 Å². The molecule has 11 heteroatoms. The molecule has 0 N–H and O–H groups in total. The smallest absolute Gasteiger partial charge is 0.410 e. The van der Waals surface area contributed by atoms with Crippen molar-refractivity contribution in [3.05, 3.63) is 30.6 Å². The number of piperazine rings is 1. The lowest BCUT2D eigenvalue weighted by atomic mass is 9.66. The number of fused-ring (bicyclic) bond motifs is 3. The van der Waals surface area contributed by atoms with Gasteiger partial charge in [0.25, 0.3) is 0 Å². The van der Waals surface area contributed by atoms with Gasteiger partial charge >= 0.3 is 6.09 Å². The molecule has 11 nitrogen and oxygen atoms in total. The topological polar surface area (TPSA) is 105 Å². The van der Waals surface area contributed by atoms with Crippen LogP contribution in [0.25, 0.3) is 5.65 Å². The highest BCUT2D eigenvalue weighted by atomic mass is 16.6. The number of hydrogen-bond acceptors (Lipinski definition) is 9. The molecule has 6 rings (SSSR count). The first-order valence-corrected chi connectivity index (χ1v) is 12.7. The predicted molar refractivity (Wildman–Crippen MR) is 135 cm³/mol. The van der Waals surface area contributed by atoms with Gasteiger partial charge < -0.3 is 19.4 Å². The molecule has 190 valence electrons. The van der Waals surface area contributed by atoms with Gasteiger partial charge in [-0.05, 0) is 47.5 Å². The van der Waals surface area contributed by atoms with Crippen LogP contribution in [0.1, 0.15) is 59.4 Å². The summed E-state index contributed by atoms with van der Waals surface area (Å²) < 4.78 is 7.56. The first-order chi connectivity index (χ1) is 17.2. The fourth-order valence-electron chi connectivity index (χ4n) is 5.78. The number of ether oxygens (including phenoxy) is 1. The molecule has 1 amide bonds. The molecule has 3 aromatic heterocycles. The largest absolute Gasteiger partial charge is 0.444 e. The highest BCUT2D eigenvalue weighted by molar-refractivity contribution is 5.75. The molecular weight excluding hydrogens is 458 g/mol. The second-order valence-electron chi connectivity index (χ2n) is 11.4. The molecule has 0 bridgehead atoms. The van der Waals surface area contributed by atoms with Crippen LogP contribution >= 0.6 is 0 Å². The molecule has 2 aliphatic heterocycles. The molecular formula is C25H33N9O2. The van der Waals surface area contributed by atoms with Crippen LogP contribution in [0.5, 0.6) is 0 Å². The lowest BCUT2D eigenvalue weighted by Crippen LogP contribution is -2.59. The van der Waals surface area contributed by atoms with Gasteiger partial charge in [0.15, 0.2) is 11.5 Å². The van der Waals surface area contributed by atoms with Crippen molar-refractivity contribution >= 4 is 29.2 Å². The lowest BCUT2D eigenvalue weighted by molar-refractivity contribution is 0.0129. The first-order valence-electron chi connectivity index (χ1n) is 12.7. The molecule has 3 aromatic rings. The third-order valence-electron chi connectivity index (χ3n) is 7.69. The van der Waals surface area contributed by atoms with E-state index >= 15 is 0 Å². The van der Waals surface area contributed by atoms with Gasteiger partial charge in [-0.15, -0.1) is 10.2 Å². The summed E-state index contributed by atoms with van der Waals surface area (Å²) >= 11 is 0. The Balaban J connectivity index is 1.34. The van der Waals surface area contributed by atoms with E-state index in [1.165, 1.54) is 12.0 Å². The van der Waals surface area contributed by atoms with Crippen LogP contribution in [0.15, 0.2) is 25.0 Å². The monoisotopic (exact) mass is 491 g/mol. The lowest BCUT2D eigenvalue weighted by Gasteiger charge is -2.46. The molecule has 1 spiro atoms. The maximum atomic E-state index is 12.9. The van der Waals surface area contributed by atoms with Crippen molar-refractivity contribution in [1.29, 1.82) is 0 Å². The normalized spacial score (nSPS) is 23.2. The molecule has 2 fully saturated rings. The minimum atomic E-state index is -0.519. The van der Waals surface area contributed by atoms with E-state index in [2.05, 4.69) is 38.8 Å². The average molecular weight is 492 g/mol. The Bertz CT molecular complexity index is 1310. The van der Waals surface area contributed by atoms with E-state index in [-0.39, 0.29) is 23.6 Å². The van der Waals surface area contributed by atoms with Crippen LogP contribution in [-0.4, -0.2) is 77.9 Å². The van der Waals surface area contributed by atoms with Crippen molar-refractivity contribution in [2.75, 3.05) is 29.4 Å². The summed E-state index contributed by atoms with van der Waals surface area (Å²) in [5.41, 5.74) is 1.42. The highest BCUT2D eigenvalue weighted by Crippen LogP contribution is 2.56. The quantitative estimate of drug-likeness (QED) is 0.534. The predicted octanol–water partition coefficient (Wildman–Crippen LogP) is 3.32. The summed E-state index contributed by atoms with van der Waals surface area (Å²) in [6.07, 6.45) is 10.2. The van der Waals surface area contributed by atoms with E-state index in [9.17, 15) is 4.79 Å². The molecule has 3 aliphatic rings. The van der Waals surface area contributed by atoms with Gasteiger partial charge in [0, 0.05) is 42.7 Å². The van der Waals surface area contributed by atoms with E-state index < -0.39 is 5.60 Å². The Morgan fingerprint density at radius 1 is 1.08 bits per heavy atom. The van der Waals surface area contributed by atoms with Crippen LogP contribution in [0.3, 0.4) is 0 Å². The zero-order chi connectivity index (χ0) is 25.2. The van der Waals surface area contributed by atoms with Crippen molar-refractivity contribution in [1.82, 2.24) is 34.4 Å². The minimum Gasteiger partial charge on any atom is -0.444 e. The molecule has 36 heavy (non-hydrogen) atoms. The fraction of sp³-hybridized carbons (Fsp3) is 0.600. The Labute approximate surface area is 210 Å². The van der Waals surface area contributed by atoms with Crippen molar-refractivity contribution in [2.24, 2.45) is 0 Å². The zero-order valence-corrected chi connectivity index (χ0v) is 21.5. The molecule has 0 aromatic carbocycles. The van der Waals surface area contributed by atoms with Crippen LogP contribution in [-0.2, 0) is 10.2 Å². The second-order valence-corrected chi connectivity index (χ2v) is 11.4. The Hall–Kier alpha value is -3.50. The van der Waals surface area contributed by atoms with Crippen LogP contribution in [0, 0.1) is 0 Å². The number of aromatic nitrogens is 6. The molecule has 0 radical (unpaired) electrons.